The third kappa shape index (κ3) is 5.10. The van der Waals surface area contributed by atoms with E-state index in [1.54, 1.807) is 38.1 Å². The van der Waals surface area contributed by atoms with Crippen LogP contribution in [0.5, 0.6) is 5.75 Å². The number of unbranched alkanes of at least 4 members (excludes halogenated alkanes) is 1. The zero-order valence-electron chi connectivity index (χ0n) is 16.2. The van der Waals surface area contributed by atoms with Gasteiger partial charge in [0.15, 0.2) is 0 Å². The van der Waals surface area contributed by atoms with Gasteiger partial charge in [-0.1, -0.05) is 19.4 Å². The van der Waals surface area contributed by atoms with E-state index in [1.807, 2.05) is 0 Å². The van der Waals surface area contributed by atoms with Crippen molar-refractivity contribution >= 4 is 34.1 Å². The number of hydrogen-bond acceptors (Lipinski definition) is 6. The molecule has 1 heterocycles. The summed E-state index contributed by atoms with van der Waals surface area (Å²) in [4.78, 5) is 36.8. The maximum Gasteiger partial charge on any atom is 0.348 e. The van der Waals surface area contributed by atoms with Crippen LogP contribution in [0.4, 0.5) is 5.00 Å². The van der Waals surface area contributed by atoms with Crippen LogP contribution < -0.4 is 15.8 Å². The number of ether oxygens (including phenoxy) is 2. The van der Waals surface area contributed by atoms with Gasteiger partial charge in [0, 0.05) is 5.56 Å². The average Bonchev–Trinajstić information content (AvgIpc) is 2.98. The highest BCUT2D eigenvalue weighted by Crippen LogP contribution is 2.33. The van der Waals surface area contributed by atoms with Crippen molar-refractivity contribution in [2.24, 2.45) is 5.73 Å². The monoisotopic (exact) mass is 404 g/mol. The van der Waals surface area contributed by atoms with Crippen molar-refractivity contribution in [3.8, 4) is 5.75 Å². The van der Waals surface area contributed by atoms with Crippen LogP contribution in [-0.2, 0) is 4.74 Å². The van der Waals surface area contributed by atoms with Crippen molar-refractivity contribution < 1.29 is 23.9 Å². The molecule has 0 bridgehead atoms. The predicted molar refractivity (Wildman–Crippen MR) is 108 cm³/mol. The van der Waals surface area contributed by atoms with E-state index in [-0.39, 0.29) is 22.0 Å². The smallest absolute Gasteiger partial charge is 0.348 e. The molecule has 7 nitrogen and oxygen atoms in total. The van der Waals surface area contributed by atoms with E-state index in [0.717, 1.165) is 24.2 Å². The van der Waals surface area contributed by atoms with Gasteiger partial charge < -0.3 is 20.5 Å². The number of carbonyl (C=O) groups excluding carboxylic acids is 3. The Kier molecular flexibility index (Phi) is 7.57. The van der Waals surface area contributed by atoms with Gasteiger partial charge in [-0.15, -0.1) is 11.3 Å². The lowest BCUT2D eigenvalue weighted by Gasteiger charge is -2.08. The molecule has 0 unspecified atom stereocenters. The van der Waals surface area contributed by atoms with Gasteiger partial charge in [0.1, 0.15) is 15.6 Å². The van der Waals surface area contributed by atoms with Crippen molar-refractivity contribution in [2.45, 2.75) is 33.6 Å². The Balaban J connectivity index is 2.26. The summed E-state index contributed by atoms with van der Waals surface area (Å²) in [7, 11) is 0. The normalized spacial score (nSPS) is 10.4. The first kappa shape index (κ1) is 21.4. The Bertz CT molecular complexity index is 875. The van der Waals surface area contributed by atoms with Crippen LogP contribution in [0.2, 0.25) is 0 Å². The molecule has 2 aromatic rings. The Morgan fingerprint density at radius 2 is 1.96 bits per heavy atom. The van der Waals surface area contributed by atoms with Crippen LogP contribution in [0.3, 0.4) is 0 Å². The van der Waals surface area contributed by atoms with Crippen LogP contribution in [0, 0.1) is 6.92 Å². The summed E-state index contributed by atoms with van der Waals surface area (Å²) in [6.07, 6.45) is 1.93. The first-order valence-corrected chi connectivity index (χ1v) is 9.85. The van der Waals surface area contributed by atoms with E-state index in [0.29, 0.717) is 23.5 Å². The molecule has 0 aliphatic rings. The molecule has 3 N–H and O–H groups in total. The zero-order chi connectivity index (χ0) is 20.7. The summed E-state index contributed by atoms with van der Waals surface area (Å²) >= 11 is 0.968. The fourth-order valence-corrected chi connectivity index (χ4v) is 3.63. The van der Waals surface area contributed by atoms with Crippen molar-refractivity contribution in [1.29, 1.82) is 0 Å². The van der Waals surface area contributed by atoms with Crippen molar-refractivity contribution in [3.63, 3.8) is 0 Å². The molecule has 2 rings (SSSR count). The maximum atomic E-state index is 12.7. The van der Waals surface area contributed by atoms with Crippen molar-refractivity contribution in [3.05, 3.63) is 45.8 Å². The van der Waals surface area contributed by atoms with E-state index < -0.39 is 17.8 Å². The van der Waals surface area contributed by atoms with Crippen molar-refractivity contribution in [1.82, 2.24) is 0 Å². The highest BCUT2D eigenvalue weighted by atomic mass is 32.1. The number of anilines is 1. The molecule has 28 heavy (non-hydrogen) atoms. The van der Waals surface area contributed by atoms with Gasteiger partial charge in [-0.2, -0.15) is 0 Å². The van der Waals surface area contributed by atoms with Crippen LogP contribution in [0.1, 0.15) is 62.6 Å². The summed E-state index contributed by atoms with van der Waals surface area (Å²) in [5.41, 5.74) is 6.32. The summed E-state index contributed by atoms with van der Waals surface area (Å²) < 4.78 is 10.6. The summed E-state index contributed by atoms with van der Waals surface area (Å²) in [6.45, 7) is 6.13. The molecule has 0 spiro atoms. The van der Waals surface area contributed by atoms with Gasteiger partial charge in [-0.05, 0) is 44.0 Å². The predicted octanol–water partition coefficient (Wildman–Crippen LogP) is 3.76. The zero-order valence-corrected chi connectivity index (χ0v) is 17.0. The standard InChI is InChI=1S/C20H24N2O5S/c1-4-6-10-27-14-9-7-8-13(11-14)18(24)22-19-15(17(21)23)12(3)16(28-19)20(25)26-5-2/h7-9,11H,4-6,10H2,1-3H3,(H2,21,23)(H,22,24). The summed E-state index contributed by atoms with van der Waals surface area (Å²) in [5, 5.41) is 2.89. The first-order valence-electron chi connectivity index (χ1n) is 9.03. The Morgan fingerprint density at radius 1 is 1.21 bits per heavy atom. The van der Waals surface area contributed by atoms with Crippen LogP contribution in [-0.4, -0.2) is 31.0 Å². The second-order valence-corrected chi connectivity index (χ2v) is 7.05. The SMILES string of the molecule is CCCCOc1cccc(C(=O)Nc2sc(C(=O)OCC)c(C)c2C(N)=O)c1. The summed E-state index contributed by atoms with van der Waals surface area (Å²) in [6, 6.07) is 6.75. The largest absolute Gasteiger partial charge is 0.494 e. The minimum atomic E-state index is -0.726. The highest BCUT2D eigenvalue weighted by Gasteiger charge is 2.25. The van der Waals surface area contributed by atoms with E-state index in [2.05, 4.69) is 12.2 Å². The number of thiophene rings is 1. The number of amides is 2. The molecule has 1 aromatic carbocycles. The number of hydrogen-bond donors (Lipinski definition) is 2. The maximum absolute atomic E-state index is 12.7. The van der Waals surface area contributed by atoms with Gasteiger partial charge in [0.05, 0.1) is 18.8 Å². The van der Waals surface area contributed by atoms with Crippen LogP contribution in [0.15, 0.2) is 24.3 Å². The van der Waals surface area contributed by atoms with E-state index >= 15 is 0 Å². The molecular weight excluding hydrogens is 380 g/mol. The molecule has 0 saturated carbocycles. The van der Waals surface area contributed by atoms with E-state index in [9.17, 15) is 14.4 Å². The van der Waals surface area contributed by atoms with Crippen LogP contribution in [0.25, 0.3) is 0 Å². The second kappa shape index (κ2) is 9.89. The second-order valence-electron chi connectivity index (χ2n) is 6.03. The molecule has 0 radical (unpaired) electrons. The molecule has 2 amide bonds. The third-order valence-corrected chi connectivity index (χ3v) is 5.13. The number of nitrogens with two attached hydrogens (primary N) is 1. The van der Waals surface area contributed by atoms with Gasteiger partial charge in [0.25, 0.3) is 11.8 Å². The van der Waals surface area contributed by atoms with Crippen LogP contribution >= 0.6 is 11.3 Å². The minimum Gasteiger partial charge on any atom is -0.494 e. The first-order chi connectivity index (χ1) is 13.4. The lowest BCUT2D eigenvalue weighted by atomic mass is 10.1. The fourth-order valence-electron chi connectivity index (χ4n) is 2.53. The molecule has 0 aliphatic carbocycles. The van der Waals surface area contributed by atoms with E-state index in [4.69, 9.17) is 15.2 Å². The van der Waals surface area contributed by atoms with Gasteiger partial charge in [-0.25, -0.2) is 4.79 Å². The number of nitrogens with one attached hydrogen (secondary N) is 1. The molecule has 8 heteroatoms. The Labute approximate surface area is 167 Å². The van der Waals surface area contributed by atoms with Gasteiger partial charge in [0.2, 0.25) is 0 Å². The average molecular weight is 404 g/mol. The van der Waals surface area contributed by atoms with Crippen molar-refractivity contribution in [2.75, 3.05) is 18.5 Å². The number of primary amides is 1. The summed E-state index contributed by atoms with van der Waals surface area (Å²) in [5.74, 6) is -1.12. The number of benzene rings is 1. The topological polar surface area (TPSA) is 108 Å². The fraction of sp³-hybridized carbons (Fsp3) is 0.350. The molecule has 0 fully saturated rings. The molecular formula is C20H24N2O5S. The highest BCUT2D eigenvalue weighted by molar-refractivity contribution is 7.18. The molecule has 0 aliphatic heterocycles. The van der Waals surface area contributed by atoms with Gasteiger partial charge in [-0.3, -0.25) is 9.59 Å². The molecule has 150 valence electrons. The van der Waals surface area contributed by atoms with Gasteiger partial charge >= 0.3 is 5.97 Å². The Morgan fingerprint density at radius 3 is 2.61 bits per heavy atom. The third-order valence-electron chi connectivity index (χ3n) is 3.94. The lowest BCUT2D eigenvalue weighted by molar-refractivity contribution is 0.0531. The molecule has 0 atom stereocenters. The van der Waals surface area contributed by atoms with E-state index in [1.165, 1.54) is 0 Å². The quantitative estimate of drug-likeness (QED) is 0.489. The lowest BCUT2D eigenvalue weighted by Crippen LogP contribution is -2.17. The number of rotatable bonds is 9. The molecule has 1 aromatic heterocycles. The number of esters is 1. The number of carbonyl (C=O) groups is 3. The Hall–Kier alpha value is -2.87. The minimum absolute atomic E-state index is 0.108. The molecule has 0 saturated heterocycles.